The van der Waals surface area contributed by atoms with Crippen molar-refractivity contribution in [3.8, 4) is 0 Å². The topological polar surface area (TPSA) is 68.5 Å². The molecule has 5 nitrogen and oxygen atoms in total. The van der Waals surface area contributed by atoms with Gasteiger partial charge >= 0.3 is 5.97 Å². The van der Waals surface area contributed by atoms with Crippen LogP contribution in [0.25, 0.3) is 0 Å². The molecule has 0 aliphatic rings. The van der Waals surface area contributed by atoms with E-state index in [1.54, 1.807) is 18.4 Å². The van der Waals surface area contributed by atoms with E-state index in [9.17, 15) is 9.59 Å². The Morgan fingerprint density at radius 2 is 1.90 bits per heavy atom. The molecule has 0 atom stereocenters. The van der Waals surface area contributed by atoms with Crippen LogP contribution in [-0.4, -0.2) is 18.5 Å². The largest absolute Gasteiger partial charge is 0.469 e. The van der Waals surface area contributed by atoms with Crippen molar-refractivity contribution in [2.45, 2.75) is 19.4 Å². The van der Waals surface area contributed by atoms with E-state index in [2.05, 4.69) is 5.32 Å². The number of carbonyl (C=O) groups is 2. The molecule has 2 aromatic rings. The van der Waals surface area contributed by atoms with E-state index >= 15 is 0 Å². The van der Waals surface area contributed by atoms with Crippen LogP contribution >= 0.6 is 0 Å². The van der Waals surface area contributed by atoms with Gasteiger partial charge in [0.25, 0.3) is 5.91 Å². The van der Waals surface area contributed by atoms with E-state index in [0.717, 1.165) is 11.3 Å². The Kier molecular flexibility index (Phi) is 5.58. The van der Waals surface area contributed by atoms with Gasteiger partial charge in [-0.3, -0.25) is 9.59 Å². The van der Waals surface area contributed by atoms with Gasteiger partial charge in [0.1, 0.15) is 5.76 Å². The number of hydrogen-bond donors (Lipinski definition) is 1. The van der Waals surface area contributed by atoms with Crippen molar-refractivity contribution in [2.75, 3.05) is 6.61 Å². The highest BCUT2D eigenvalue weighted by atomic mass is 16.5. The maximum absolute atomic E-state index is 11.5. The molecule has 21 heavy (non-hydrogen) atoms. The van der Waals surface area contributed by atoms with Gasteiger partial charge in [-0.05, 0) is 17.7 Å². The zero-order chi connectivity index (χ0) is 14.9. The number of hydrogen-bond acceptors (Lipinski definition) is 4. The third-order valence-electron chi connectivity index (χ3n) is 2.85. The Morgan fingerprint density at radius 3 is 2.62 bits per heavy atom. The highest BCUT2D eigenvalue weighted by Gasteiger charge is 2.08. The lowest BCUT2D eigenvalue weighted by molar-refractivity contribution is -0.148. The first-order chi connectivity index (χ1) is 10.2. The number of amides is 1. The molecular weight excluding hydrogens is 270 g/mol. The number of aryl methyl sites for hydroxylation is 1. The molecule has 1 amide bonds. The zero-order valence-corrected chi connectivity index (χ0v) is 11.6. The maximum Gasteiger partial charge on any atom is 0.306 e. The lowest BCUT2D eigenvalue weighted by atomic mass is 10.2. The first-order valence-corrected chi connectivity index (χ1v) is 6.72. The first-order valence-electron chi connectivity index (χ1n) is 6.72. The molecule has 0 spiro atoms. The summed E-state index contributed by atoms with van der Waals surface area (Å²) in [6, 6.07) is 13.1. The number of furan rings is 1. The van der Waals surface area contributed by atoms with Crippen LogP contribution in [-0.2, 0) is 27.3 Å². The highest BCUT2D eigenvalue weighted by molar-refractivity contribution is 5.80. The molecule has 0 radical (unpaired) electrons. The standard InChI is InChI=1S/C16H17NO4/c18-15(17-11-13-5-2-1-3-6-13)12-21-16(19)9-8-14-7-4-10-20-14/h1-7,10H,8-9,11-12H2,(H,17,18). The predicted octanol–water partition coefficient (Wildman–Crippen LogP) is 2.07. The molecule has 5 heteroatoms. The van der Waals surface area contributed by atoms with Crippen LogP contribution in [0.3, 0.4) is 0 Å². The second kappa shape index (κ2) is 7.89. The SMILES string of the molecule is O=C(COC(=O)CCc1ccco1)NCc1ccccc1. The average Bonchev–Trinajstić information content (AvgIpc) is 3.03. The second-order valence-electron chi connectivity index (χ2n) is 4.50. The van der Waals surface area contributed by atoms with Crippen molar-refractivity contribution in [3.63, 3.8) is 0 Å². The van der Waals surface area contributed by atoms with Gasteiger partial charge in [0, 0.05) is 13.0 Å². The monoisotopic (exact) mass is 287 g/mol. The molecule has 0 unspecified atom stereocenters. The third-order valence-corrected chi connectivity index (χ3v) is 2.85. The summed E-state index contributed by atoms with van der Waals surface area (Å²) in [6.45, 7) is 0.160. The smallest absolute Gasteiger partial charge is 0.306 e. The molecule has 0 bridgehead atoms. The van der Waals surface area contributed by atoms with Crippen molar-refractivity contribution in [2.24, 2.45) is 0 Å². The van der Waals surface area contributed by atoms with E-state index in [4.69, 9.17) is 9.15 Å². The minimum atomic E-state index is -0.415. The van der Waals surface area contributed by atoms with Crippen molar-refractivity contribution < 1.29 is 18.7 Å². The summed E-state index contributed by atoms with van der Waals surface area (Å²) < 4.78 is 10.0. The Bertz CT molecular complexity index is 563. The lowest BCUT2D eigenvalue weighted by Crippen LogP contribution is -2.28. The van der Waals surface area contributed by atoms with Gasteiger partial charge in [-0.2, -0.15) is 0 Å². The molecule has 1 N–H and O–H groups in total. The van der Waals surface area contributed by atoms with Crippen LogP contribution in [0.4, 0.5) is 0 Å². The summed E-state index contributed by atoms with van der Waals surface area (Å²) in [4.78, 5) is 23.0. The molecule has 0 saturated carbocycles. The van der Waals surface area contributed by atoms with Gasteiger partial charge in [0.15, 0.2) is 6.61 Å². The van der Waals surface area contributed by atoms with Crippen LogP contribution in [0.2, 0.25) is 0 Å². The van der Waals surface area contributed by atoms with Crippen molar-refractivity contribution in [3.05, 3.63) is 60.1 Å². The van der Waals surface area contributed by atoms with Crippen LogP contribution in [0.1, 0.15) is 17.7 Å². The molecule has 0 aliphatic carbocycles. The summed E-state index contributed by atoms with van der Waals surface area (Å²) in [5.41, 5.74) is 0.995. The zero-order valence-electron chi connectivity index (χ0n) is 11.6. The summed E-state index contributed by atoms with van der Waals surface area (Å²) in [5.74, 6) is -0.00746. The average molecular weight is 287 g/mol. The Balaban J connectivity index is 1.61. The molecule has 1 aromatic carbocycles. The lowest BCUT2D eigenvalue weighted by Gasteiger charge is -2.06. The van der Waals surface area contributed by atoms with Crippen molar-refractivity contribution in [1.82, 2.24) is 5.32 Å². The maximum atomic E-state index is 11.5. The Hall–Kier alpha value is -2.56. The third kappa shape index (κ3) is 5.52. The minimum absolute atomic E-state index is 0.194. The number of ether oxygens (including phenoxy) is 1. The minimum Gasteiger partial charge on any atom is -0.469 e. The van der Waals surface area contributed by atoms with Crippen LogP contribution < -0.4 is 5.32 Å². The highest BCUT2D eigenvalue weighted by Crippen LogP contribution is 2.04. The van der Waals surface area contributed by atoms with E-state index in [1.807, 2.05) is 30.3 Å². The second-order valence-corrected chi connectivity index (χ2v) is 4.50. The molecule has 110 valence electrons. The van der Waals surface area contributed by atoms with Crippen molar-refractivity contribution >= 4 is 11.9 Å². The summed E-state index contributed by atoms with van der Waals surface area (Å²) in [5, 5.41) is 2.69. The van der Waals surface area contributed by atoms with Gasteiger partial charge in [0.05, 0.1) is 12.7 Å². The summed E-state index contributed by atoms with van der Waals surface area (Å²) in [6.07, 6.45) is 2.22. The van der Waals surface area contributed by atoms with E-state index in [-0.39, 0.29) is 18.9 Å². The van der Waals surface area contributed by atoms with Gasteiger partial charge in [0.2, 0.25) is 0 Å². The number of nitrogens with one attached hydrogen (secondary N) is 1. The fourth-order valence-corrected chi connectivity index (χ4v) is 1.75. The van der Waals surface area contributed by atoms with Gasteiger partial charge in [-0.1, -0.05) is 30.3 Å². The molecule has 1 aromatic heterocycles. The summed E-state index contributed by atoms with van der Waals surface area (Å²) in [7, 11) is 0. The van der Waals surface area contributed by atoms with Crippen LogP contribution in [0.15, 0.2) is 53.1 Å². The van der Waals surface area contributed by atoms with Crippen molar-refractivity contribution in [1.29, 1.82) is 0 Å². The predicted molar refractivity (Wildman–Crippen MR) is 76.3 cm³/mol. The number of esters is 1. The van der Waals surface area contributed by atoms with Gasteiger partial charge in [-0.25, -0.2) is 0 Å². The van der Waals surface area contributed by atoms with Gasteiger partial charge < -0.3 is 14.5 Å². The number of carbonyl (C=O) groups excluding carboxylic acids is 2. The number of rotatable bonds is 7. The van der Waals surface area contributed by atoms with Crippen LogP contribution in [0, 0.1) is 0 Å². The Labute approximate surface area is 122 Å². The fraction of sp³-hybridized carbons (Fsp3) is 0.250. The van der Waals surface area contributed by atoms with Crippen LogP contribution in [0.5, 0.6) is 0 Å². The normalized spacial score (nSPS) is 10.1. The van der Waals surface area contributed by atoms with Gasteiger partial charge in [-0.15, -0.1) is 0 Å². The molecule has 0 aliphatic heterocycles. The molecule has 2 rings (SSSR count). The molecule has 0 saturated heterocycles. The van der Waals surface area contributed by atoms with E-state index in [0.29, 0.717) is 13.0 Å². The van der Waals surface area contributed by atoms with E-state index < -0.39 is 5.97 Å². The quantitative estimate of drug-likeness (QED) is 0.792. The molecule has 0 fully saturated rings. The summed E-state index contributed by atoms with van der Waals surface area (Å²) >= 11 is 0. The first kappa shape index (κ1) is 14.8. The molecule has 1 heterocycles. The fourth-order valence-electron chi connectivity index (χ4n) is 1.75. The Morgan fingerprint density at radius 1 is 1.10 bits per heavy atom. The van der Waals surface area contributed by atoms with E-state index in [1.165, 1.54) is 0 Å². The molecular formula is C16H17NO4. The number of benzene rings is 1.